The van der Waals surface area contributed by atoms with Crippen molar-refractivity contribution in [1.29, 1.82) is 0 Å². The second-order valence-corrected chi connectivity index (χ2v) is 16.7. The predicted molar refractivity (Wildman–Crippen MR) is 145 cm³/mol. The van der Waals surface area contributed by atoms with E-state index in [1.165, 1.54) is 10.9 Å². The summed E-state index contributed by atoms with van der Waals surface area (Å²) in [5, 5.41) is 20.1. The van der Waals surface area contributed by atoms with E-state index in [0.29, 0.717) is 24.2 Å². The molecule has 0 saturated carbocycles. The summed E-state index contributed by atoms with van der Waals surface area (Å²) in [6, 6.07) is 8.19. The Bertz CT molecular complexity index is 1240. The van der Waals surface area contributed by atoms with Gasteiger partial charge in [-0.3, -0.25) is 0 Å². The van der Waals surface area contributed by atoms with Crippen molar-refractivity contribution in [2.75, 3.05) is 6.61 Å². The molecule has 0 unspecified atom stereocenters. The topological polar surface area (TPSA) is 60.2 Å². The van der Waals surface area contributed by atoms with Gasteiger partial charge < -0.3 is 9.53 Å². The Morgan fingerprint density at radius 1 is 0.946 bits per heavy atom. The predicted octanol–water partition coefficient (Wildman–Crippen LogP) is 8.03. The van der Waals surface area contributed by atoms with Crippen LogP contribution in [0.25, 0.3) is 16.7 Å². The maximum atomic E-state index is 13.2. The van der Waals surface area contributed by atoms with E-state index in [1.807, 2.05) is 13.0 Å². The molecular weight excluding hydrogens is 495 g/mol. The van der Waals surface area contributed by atoms with Gasteiger partial charge in [0.2, 0.25) is 0 Å². The summed E-state index contributed by atoms with van der Waals surface area (Å²) in [5.74, 6) is 0.0579. The lowest BCUT2D eigenvalue weighted by molar-refractivity contribution is -0.137. The summed E-state index contributed by atoms with van der Waals surface area (Å²) in [6.07, 6.45) is -2.06. The van der Waals surface area contributed by atoms with Crippen LogP contribution in [0.4, 0.5) is 13.2 Å². The minimum atomic E-state index is -4.47. The van der Waals surface area contributed by atoms with E-state index in [9.17, 15) is 18.3 Å². The molecule has 0 aliphatic heterocycles. The zero-order chi connectivity index (χ0) is 27.8. The summed E-state index contributed by atoms with van der Waals surface area (Å²) in [6.45, 7) is 18.0. The lowest BCUT2D eigenvalue weighted by Gasteiger charge is -2.33. The third-order valence-electron chi connectivity index (χ3n) is 6.61. The number of nitrogens with zero attached hydrogens (tertiary/aromatic N) is 3. The van der Waals surface area contributed by atoms with E-state index < -0.39 is 20.1 Å². The van der Waals surface area contributed by atoms with Gasteiger partial charge >= 0.3 is 6.18 Å². The highest BCUT2D eigenvalue weighted by Gasteiger charge is 2.32. The number of aromatic hydroxyl groups is 1. The first kappa shape index (κ1) is 29.2. The van der Waals surface area contributed by atoms with Crippen LogP contribution in [0.3, 0.4) is 0 Å². The van der Waals surface area contributed by atoms with Gasteiger partial charge in [-0.1, -0.05) is 40.7 Å². The van der Waals surface area contributed by atoms with Crippen molar-refractivity contribution in [3.8, 4) is 11.4 Å². The molecule has 2 aromatic carbocycles. The Kier molecular flexibility index (Phi) is 8.20. The van der Waals surface area contributed by atoms with Gasteiger partial charge in [0.15, 0.2) is 8.32 Å². The maximum absolute atomic E-state index is 13.2. The second-order valence-electron chi connectivity index (χ2n) is 12.4. The number of hydrogen-bond donors (Lipinski definition) is 1. The molecule has 204 valence electrons. The first-order valence-electron chi connectivity index (χ1n) is 12.9. The third kappa shape index (κ3) is 7.35. The van der Waals surface area contributed by atoms with Gasteiger partial charge in [-0.25, -0.2) is 0 Å². The smallest absolute Gasteiger partial charge is 0.416 e. The molecule has 0 saturated heterocycles. The molecule has 3 aromatic rings. The molecule has 0 fully saturated rings. The van der Waals surface area contributed by atoms with Crippen molar-refractivity contribution in [2.24, 2.45) is 5.41 Å². The normalized spacial score (nSPS) is 13.5. The van der Waals surface area contributed by atoms with Gasteiger partial charge in [-0.2, -0.15) is 13.2 Å². The Balaban J connectivity index is 2.08. The zero-order valence-corrected chi connectivity index (χ0v) is 24.3. The fraction of sp³-hybridized carbons (Fsp3) is 0.571. The van der Waals surface area contributed by atoms with Crippen LogP contribution in [0, 0.1) is 5.41 Å². The van der Waals surface area contributed by atoms with Gasteiger partial charge in [0.05, 0.1) is 5.56 Å². The SMILES string of the molecule is CCO[Si](C)(C)CCCc1cc(C(C)(C)CC(C)(C)C)cc(-n2nc3ccc(C(F)(F)F)cc3n2)c1O. The summed E-state index contributed by atoms with van der Waals surface area (Å²) < 4.78 is 45.7. The number of phenolic OH excluding ortho intramolecular Hbond substituents is 1. The van der Waals surface area contributed by atoms with Crippen LogP contribution < -0.4 is 0 Å². The highest BCUT2D eigenvalue weighted by Crippen LogP contribution is 2.40. The van der Waals surface area contributed by atoms with Gasteiger partial charge in [-0.15, -0.1) is 15.0 Å². The lowest BCUT2D eigenvalue weighted by atomic mass is 9.72. The third-order valence-corrected chi connectivity index (χ3v) is 9.23. The summed E-state index contributed by atoms with van der Waals surface area (Å²) in [5.41, 5.74) is 1.72. The standard InChI is InChI=1S/C28H40F3N3O2Si/c1-9-36-37(7,8)14-10-11-19-15-21(27(5,6)18-26(2,3)4)17-24(25(19)35)34-32-22-13-12-20(28(29,30)31)16-23(22)33-34/h12-13,15-17,35H,9-11,14,18H2,1-8H3. The van der Waals surface area contributed by atoms with Crippen LogP contribution in [0.2, 0.25) is 19.1 Å². The first-order chi connectivity index (χ1) is 16.9. The summed E-state index contributed by atoms with van der Waals surface area (Å²) in [4.78, 5) is 1.26. The highest BCUT2D eigenvalue weighted by atomic mass is 28.4. The van der Waals surface area contributed by atoms with Gasteiger partial charge in [0, 0.05) is 6.61 Å². The van der Waals surface area contributed by atoms with E-state index in [1.54, 1.807) is 0 Å². The average molecular weight is 536 g/mol. The fourth-order valence-electron chi connectivity index (χ4n) is 5.21. The second kappa shape index (κ2) is 10.4. The Morgan fingerprint density at radius 2 is 1.59 bits per heavy atom. The molecule has 0 aliphatic rings. The number of rotatable bonds is 9. The number of halogens is 3. The number of fused-ring (bicyclic) bond motifs is 1. The number of aromatic nitrogens is 3. The molecule has 0 amide bonds. The summed E-state index contributed by atoms with van der Waals surface area (Å²) in [7, 11) is -1.78. The number of alkyl halides is 3. The van der Waals surface area contributed by atoms with Crippen molar-refractivity contribution in [3.63, 3.8) is 0 Å². The minimum Gasteiger partial charge on any atom is -0.505 e. The van der Waals surface area contributed by atoms with E-state index in [-0.39, 0.29) is 22.1 Å². The zero-order valence-electron chi connectivity index (χ0n) is 23.3. The monoisotopic (exact) mass is 535 g/mol. The van der Waals surface area contributed by atoms with Crippen LogP contribution in [-0.4, -0.2) is 35.0 Å². The largest absolute Gasteiger partial charge is 0.505 e. The molecule has 0 aliphatic carbocycles. The summed E-state index contributed by atoms with van der Waals surface area (Å²) >= 11 is 0. The molecular formula is C28H40F3N3O2Si. The van der Waals surface area contributed by atoms with E-state index in [2.05, 4.69) is 64.0 Å². The highest BCUT2D eigenvalue weighted by molar-refractivity contribution is 6.71. The maximum Gasteiger partial charge on any atom is 0.416 e. The number of aryl methyl sites for hydroxylation is 1. The molecule has 0 bridgehead atoms. The molecule has 1 aromatic heterocycles. The van der Waals surface area contributed by atoms with Crippen LogP contribution in [0.1, 0.15) is 71.1 Å². The fourth-order valence-corrected chi connectivity index (χ4v) is 7.16. The molecule has 37 heavy (non-hydrogen) atoms. The van der Waals surface area contributed by atoms with E-state index in [0.717, 1.165) is 42.1 Å². The molecule has 0 atom stereocenters. The Hall–Kier alpha value is -2.39. The number of phenols is 1. The van der Waals surface area contributed by atoms with Crippen LogP contribution >= 0.6 is 0 Å². The van der Waals surface area contributed by atoms with Gasteiger partial charge in [0.1, 0.15) is 22.5 Å². The molecule has 0 radical (unpaired) electrons. The average Bonchev–Trinajstić information content (AvgIpc) is 3.15. The van der Waals surface area contributed by atoms with Gasteiger partial charge in [0.25, 0.3) is 0 Å². The number of hydrogen-bond acceptors (Lipinski definition) is 4. The Morgan fingerprint density at radius 3 is 2.19 bits per heavy atom. The molecule has 3 rings (SSSR count). The van der Waals surface area contributed by atoms with Crippen molar-refractivity contribution in [2.45, 2.75) is 91.5 Å². The van der Waals surface area contributed by atoms with Crippen molar-refractivity contribution < 1.29 is 22.7 Å². The van der Waals surface area contributed by atoms with Crippen molar-refractivity contribution in [3.05, 3.63) is 47.0 Å². The minimum absolute atomic E-state index is 0.0579. The molecule has 9 heteroatoms. The van der Waals surface area contributed by atoms with Crippen molar-refractivity contribution >= 4 is 19.4 Å². The van der Waals surface area contributed by atoms with E-state index in [4.69, 9.17) is 4.43 Å². The molecule has 5 nitrogen and oxygen atoms in total. The molecule has 1 N–H and O–H groups in total. The van der Waals surface area contributed by atoms with Crippen LogP contribution in [-0.2, 0) is 22.4 Å². The van der Waals surface area contributed by atoms with Crippen LogP contribution in [0.5, 0.6) is 5.75 Å². The number of benzene rings is 2. The Labute approximate surface area is 219 Å². The molecule has 0 spiro atoms. The lowest BCUT2D eigenvalue weighted by Crippen LogP contribution is -2.30. The first-order valence-corrected chi connectivity index (χ1v) is 16.0. The van der Waals surface area contributed by atoms with E-state index >= 15 is 0 Å². The van der Waals surface area contributed by atoms with Crippen LogP contribution in [0.15, 0.2) is 30.3 Å². The van der Waals surface area contributed by atoms with Gasteiger partial charge in [-0.05, 0) is 91.5 Å². The van der Waals surface area contributed by atoms with Crippen molar-refractivity contribution in [1.82, 2.24) is 15.0 Å². The molecule has 1 heterocycles. The quantitative estimate of drug-likeness (QED) is 0.282.